The SMILES string of the molecule is CCNC(c1cccc(C)c1F)C(C)(C)C. The summed E-state index contributed by atoms with van der Waals surface area (Å²) < 4.78 is 14.1. The van der Waals surface area contributed by atoms with Gasteiger partial charge in [-0.3, -0.25) is 0 Å². The fourth-order valence-electron chi connectivity index (χ4n) is 1.98. The Morgan fingerprint density at radius 3 is 2.44 bits per heavy atom. The topological polar surface area (TPSA) is 12.0 Å². The first-order valence-electron chi connectivity index (χ1n) is 5.86. The van der Waals surface area contributed by atoms with Gasteiger partial charge in [0.1, 0.15) is 5.82 Å². The molecule has 1 rings (SSSR count). The molecule has 0 amide bonds. The van der Waals surface area contributed by atoms with Gasteiger partial charge in [0.15, 0.2) is 0 Å². The Labute approximate surface area is 98.1 Å². The van der Waals surface area contributed by atoms with Crippen molar-refractivity contribution in [3.63, 3.8) is 0 Å². The Bertz CT molecular complexity index is 352. The van der Waals surface area contributed by atoms with E-state index in [2.05, 4.69) is 26.1 Å². The predicted octanol–water partition coefficient (Wildman–Crippen LogP) is 3.83. The number of halogens is 1. The number of rotatable bonds is 3. The molecule has 1 nitrogen and oxygen atoms in total. The molecule has 2 heteroatoms. The molecule has 1 aromatic carbocycles. The summed E-state index contributed by atoms with van der Waals surface area (Å²) >= 11 is 0. The fraction of sp³-hybridized carbons (Fsp3) is 0.571. The molecule has 1 unspecified atom stereocenters. The molecule has 0 heterocycles. The number of hydrogen-bond acceptors (Lipinski definition) is 1. The van der Waals surface area contributed by atoms with Crippen LogP contribution in [0, 0.1) is 18.2 Å². The molecule has 0 aliphatic rings. The zero-order valence-corrected chi connectivity index (χ0v) is 10.9. The smallest absolute Gasteiger partial charge is 0.130 e. The molecule has 1 atom stereocenters. The standard InChI is InChI=1S/C14H22FN/c1-6-16-13(14(3,4)5)11-9-7-8-10(2)12(11)15/h7-9,13,16H,6H2,1-5H3. The first-order chi connectivity index (χ1) is 7.38. The molecule has 1 N–H and O–H groups in total. The zero-order valence-electron chi connectivity index (χ0n) is 10.9. The lowest BCUT2D eigenvalue weighted by Gasteiger charge is -2.32. The van der Waals surface area contributed by atoms with E-state index in [0.29, 0.717) is 5.56 Å². The van der Waals surface area contributed by atoms with Gasteiger partial charge < -0.3 is 5.32 Å². The Hall–Kier alpha value is -0.890. The molecular formula is C14H22FN. The maximum Gasteiger partial charge on any atom is 0.130 e. The van der Waals surface area contributed by atoms with Gasteiger partial charge in [-0.25, -0.2) is 4.39 Å². The van der Waals surface area contributed by atoms with Crippen LogP contribution in [0.5, 0.6) is 0 Å². The van der Waals surface area contributed by atoms with Crippen molar-refractivity contribution < 1.29 is 4.39 Å². The van der Waals surface area contributed by atoms with Gasteiger partial charge in [-0.05, 0) is 24.4 Å². The van der Waals surface area contributed by atoms with Gasteiger partial charge in [-0.1, -0.05) is 45.9 Å². The summed E-state index contributed by atoms with van der Waals surface area (Å²) in [6, 6.07) is 5.66. The van der Waals surface area contributed by atoms with Crippen molar-refractivity contribution in [2.75, 3.05) is 6.54 Å². The Balaban J connectivity index is 3.16. The summed E-state index contributed by atoms with van der Waals surface area (Å²) in [5.41, 5.74) is 1.49. The van der Waals surface area contributed by atoms with Gasteiger partial charge in [0, 0.05) is 11.6 Å². The van der Waals surface area contributed by atoms with Gasteiger partial charge in [0.05, 0.1) is 0 Å². The first kappa shape index (κ1) is 13.2. The van der Waals surface area contributed by atoms with Crippen molar-refractivity contribution in [1.29, 1.82) is 0 Å². The highest BCUT2D eigenvalue weighted by Crippen LogP contribution is 2.34. The van der Waals surface area contributed by atoms with E-state index in [1.807, 2.05) is 32.0 Å². The van der Waals surface area contributed by atoms with Crippen LogP contribution in [0.3, 0.4) is 0 Å². The number of hydrogen-bond donors (Lipinski definition) is 1. The predicted molar refractivity (Wildman–Crippen MR) is 67.0 cm³/mol. The van der Waals surface area contributed by atoms with Crippen molar-refractivity contribution in [2.45, 2.75) is 40.7 Å². The molecule has 0 saturated heterocycles. The normalized spacial score (nSPS) is 13.9. The quantitative estimate of drug-likeness (QED) is 0.821. The Morgan fingerprint density at radius 1 is 1.31 bits per heavy atom. The highest BCUT2D eigenvalue weighted by molar-refractivity contribution is 5.28. The lowest BCUT2D eigenvalue weighted by Crippen LogP contribution is -2.33. The average Bonchev–Trinajstić information content (AvgIpc) is 2.18. The lowest BCUT2D eigenvalue weighted by atomic mass is 9.81. The molecule has 0 radical (unpaired) electrons. The average molecular weight is 223 g/mol. The van der Waals surface area contributed by atoms with Crippen molar-refractivity contribution in [1.82, 2.24) is 5.32 Å². The maximum atomic E-state index is 14.1. The fourth-order valence-corrected chi connectivity index (χ4v) is 1.98. The van der Waals surface area contributed by atoms with Gasteiger partial charge >= 0.3 is 0 Å². The summed E-state index contributed by atoms with van der Waals surface area (Å²) in [4.78, 5) is 0. The van der Waals surface area contributed by atoms with Gasteiger partial charge in [-0.15, -0.1) is 0 Å². The highest BCUT2D eigenvalue weighted by atomic mass is 19.1. The van der Waals surface area contributed by atoms with E-state index in [-0.39, 0.29) is 17.3 Å². The van der Waals surface area contributed by atoms with E-state index in [0.717, 1.165) is 12.1 Å². The molecule has 0 aromatic heterocycles. The van der Waals surface area contributed by atoms with E-state index in [1.54, 1.807) is 0 Å². The third-order valence-corrected chi connectivity index (χ3v) is 2.81. The van der Waals surface area contributed by atoms with Crippen LogP contribution in [-0.4, -0.2) is 6.54 Å². The minimum absolute atomic E-state index is 0.00461. The summed E-state index contributed by atoms with van der Waals surface area (Å²) in [5.74, 6) is -0.0802. The number of nitrogens with one attached hydrogen (secondary N) is 1. The van der Waals surface area contributed by atoms with E-state index in [4.69, 9.17) is 0 Å². The Morgan fingerprint density at radius 2 is 1.94 bits per heavy atom. The monoisotopic (exact) mass is 223 g/mol. The molecule has 0 aliphatic heterocycles. The summed E-state index contributed by atoms with van der Waals surface area (Å²) in [7, 11) is 0. The lowest BCUT2D eigenvalue weighted by molar-refractivity contribution is 0.270. The number of benzene rings is 1. The molecule has 90 valence electrons. The maximum absolute atomic E-state index is 14.1. The Kier molecular flexibility index (Phi) is 4.09. The van der Waals surface area contributed by atoms with Crippen LogP contribution in [0.25, 0.3) is 0 Å². The van der Waals surface area contributed by atoms with Crippen molar-refractivity contribution in [3.8, 4) is 0 Å². The third kappa shape index (κ3) is 2.82. The van der Waals surface area contributed by atoms with E-state index < -0.39 is 0 Å². The molecule has 16 heavy (non-hydrogen) atoms. The van der Waals surface area contributed by atoms with Crippen LogP contribution >= 0.6 is 0 Å². The zero-order chi connectivity index (χ0) is 12.3. The largest absolute Gasteiger partial charge is 0.310 e. The van der Waals surface area contributed by atoms with Crippen LogP contribution in [-0.2, 0) is 0 Å². The molecule has 0 bridgehead atoms. The van der Waals surface area contributed by atoms with Gasteiger partial charge in [0.2, 0.25) is 0 Å². The minimum atomic E-state index is -0.0802. The molecule has 1 aromatic rings. The van der Waals surface area contributed by atoms with Crippen LogP contribution in [0.1, 0.15) is 44.9 Å². The van der Waals surface area contributed by atoms with Crippen molar-refractivity contribution in [3.05, 3.63) is 35.1 Å². The molecular weight excluding hydrogens is 201 g/mol. The summed E-state index contributed by atoms with van der Waals surface area (Å²) in [6.07, 6.45) is 0. The molecule has 0 fully saturated rings. The van der Waals surface area contributed by atoms with Crippen LogP contribution < -0.4 is 5.32 Å². The van der Waals surface area contributed by atoms with Crippen LogP contribution in [0.15, 0.2) is 18.2 Å². The van der Waals surface area contributed by atoms with E-state index in [1.165, 1.54) is 0 Å². The summed E-state index contributed by atoms with van der Waals surface area (Å²) in [6.45, 7) is 11.1. The molecule has 0 aliphatic carbocycles. The second-order valence-electron chi connectivity index (χ2n) is 5.33. The summed E-state index contributed by atoms with van der Waals surface area (Å²) in [5, 5.41) is 3.37. The van der Waals surface area contributed by atoms with E-state index >= 15 is 0 Å². The van der Waals surface area contributed by atoms with Gasteiger partial charge in [-0.2, -0.15) is 0 Å². The van der Waals surface area contributed by atoms with Crippen LogP contribution in [0.2, 0.25) is 0 Å². The highest BCUT2D eigenvalue weighted by Gasteiger charge is 2.27. The number of aryl methyl sites for hydroxylation is 1. The van der Waals surface area contributed by atoms with Crippen molar-refractivity contribution >= 4 is 0 Å². The van der Waals surface area contributed by atoms with Crippen LogP contribution in [0.4, 0.5) is 4.39 Å². The van der Waals surface area contributed by atoms with Crippen molar-refractivity contribution in [2.24, 2.45) is 5.41 Å². The van der Waals surface area contributed by atoms with E-state index in [9.17, 15) is 4.39 Å². The molecule has 0 saturated carbocycles. The second kappa shape index (κ2) is 4.96. The second-order valence-corrected chi connectivity index (χ2v) is 5.33. The molecule has 0 spiro atoms. The minimum Gasteiger partial charge on any atom is -0.310 e. The first-order valence-corrected chi connectivity index (χ1v) is 5.86. The third-order valence-electron chi connectivity index (χ3n) is 2.81. The van der Waals surface area contributed by atoms with Gasteiger partial charge in [0.25, 0.3) is 0 Å².